The molecule has 1 amide bonds. The number of nitrogens with zero attached hydrogens (tertiary/aromatic N) is 2. The zero-order chi connectivity index (χ0) is 24.4. The Bertz CT molecular complexity index is 641. The molecule has 0 spiro atoms. The maximum atomic E-state index is 11.3. The molecule has 1 N–H and O–H groups in total. The molecule has 1 heterocycles. The number of halogens is 1. The van der Waals surface area contributed by atoms with Crippen LogP contribution in [-0.2, 0) is 10.6 Å². The molecule has 1 rings (SSSR count). The van der Waals surface area contributed by atoms with E-state index < -0.39 is 50.0 Å². The Morgan fingerprint density at radius 2 is 1.48 bits per heavy atom. The molecule has 0 bridgehead atoms. The van der Waals surface area contributed by atoms with Gasteiger partial charge in [0.1, 0.15) is 5.60 Å². The highest BCUT2D eigenvalue weighted by atomic mass is 35.5. The molecule has 0 saturated carbocycles. The predicted molar refractivity (Wildman–Crippen MR) is 148 cm³/mol. The van der Waals surface area contributed by atoms with Crippen LogP contribution in [0.25, 0.3) is 0 Å². The molecule has 0 aliphatic heterocycles. The molecule has 133 valence electrons. The number of anilines is 1. The molecule has 5 nitrogen and oxygen atoms in total. The Labute approximate surface area is 205 Å². The molecule has 1 aromatic heterocycles. The second-order valence-corrected chi connectivity index (χ2v) is 8.10. The highest BCUT2D eigenvalue weighted by molar-refractivity contribution is 8.12. The molecule has 0 aliphatic rings. The van der Waals surface area contributed by atoms with E-state index in [1.807, 2.05) is 0 Å². The minimum Gasteiger partial charge on any atom is -0.444 e. The SMILES string of the molecule is CC(C)(C)OC(=O)Nc1ncc(CCl)cn1.[B][B]B([B])B(B([B])[B])B(B([B])[B])B([B])[B]. The summed E-state index contributed by atoms with van der Waals surface area (Å²) < 4.78 is 5.04. The molecule has 17 radical (unpaired) electrons. The fourth-order valence-electron chi connectivity index (χ4n) is 2.55. The molecule has 0 aliphatic carbocycles. The third kappa shape index (κ3) is 12.4. The summed E-state index contributed by atoms with van der Waals surface area (Å²) in [5.74, 6) is 0.537. The molecule has 0 unspecified atom stereocenters. The van der Waals surface area contributed by atoms with E-state index in [0.29, 0.717) is 5.88 Å². The molecule has 0 atom stereocenters. The lowest BCUT2D eigenvalue weighted by molar-refractivity contribution is 0.0634. The van der Waals surface area contributed by atoms with Crippen LogP contribution in [0.4, 0.5) is 10.7 Å². The minimum atomic E-state index is -0.754. The van der Waals surface area contributed by atoms with E-state index >= 15 is 0 Å². The predicted octanol–water partition coefficient (Wildman–Crippen LogP) is -3.15. The van der Waals surface area contributed by atoms with Gasteiger partial charge in [-0.25, -0.2) is 14.8 Å². The summed E-state index contributed by atoms with van der Waals surface area (Å²) in [4.78, 5) is 19.2. The van der Waals surface area contributed by atoms with Crippen LogP contribution in [0, 0.1) is 0 Å². The number of nitrogens with one attached hydrogen (secondary N) is 1. The molecular weight excluding hydrogens is 392 g/mol. The Kier molecular flexibility index (Phi) is 14.5. The highest BCUT2D eigenvalue weighted by Gasteiger charge is 2.36. The quantitative estimate of drug-likeness (QED) is 0.366. The summed E-state index contributed by atoms with van der Waals surface area (Å²) in [5.41, 5.74) is 0.247. The molecule has 21 heteroatoms. The van der Waals surface area contributed by atoms with Crippen LogP contribution in [0.5, 0.6) is 0 Å². The monoisotopic (exact) mass is 408 g/mol. The molecular formula is C10H14B15ClN3O2. The van der Waals surface area contributed by atoms with Gasteiger partial charge in [-0.05, 0) is 20.8 Å². The lowest BCUT2D eigenvalue weighted by Gasteiger charge is -2.35. The summed E-state index contributed by atoms with van der Waals surface area (Å²) >= 11 is 5.58. The van der Waals surface area contributed by atoms with Crippen LogP contribution >= 0.6 is 11.6 Å². The molecule has 0 fully saturated rings. The van der Waals surface area contributed by atoms with E-state index in [2.05, 4.69) is 15.3 Å². The van der Waals surface area contributed by atoms with E-state index in [-0.39, 0.29) is 5.95 Å². The fourth-order valence-corrected chi connectivity index (χ4v) is 2.69. The smallest absolute Gasteiger partial charge is 0.414 e. The molecule has 1 aromatic rings. The van der Waals surface area contributed by atoms with Gasteiger partial charge in [-0.2, -0.15) is 0 Å². The number of carbonyl (C=O) groups is 1. The summed E-state index contributed by atoms with van der Waals surface area (Å²) in [6, 6.07) is 0. The maximum absolute atomic E-state index is 11.3. The summed E-state index contributed by atoms with van der Waals surface area (Å²) in [7, 11) is 45.8. The second kappa shape index (κ2) is 14.7. The Morgan fingerprint density at radius 3 is 1.81 bits per heavy atom. The third-order valence-electron chi connectivity index (χ3n) is 3.92. The van der Waals surface area contributed by atoms with Crippen molar-refractivity contribution in [3.63, 3.8) is 0 Å². The number of ether oxygens (including phenoxy) is 1. The van der Waals surface area contributed by atoms with Gasteiger partial charge in [0.15, 0.2) is 0 Å². The third-order valence-corrected chi connectivity index (χ3v) is 4.23. The number of alkyl halides is 1. The van der Waals surface area contributed by atoms with Crippen molar-refractivity contribution in [2.75, 3.05) is 5.32 Å². The van der Waals surface area contributed by atoms with Crippen molar-refractivity contribution in [1.82, 2.24) is 9.97 Å². The number of aromatic nitrogens is 2. The van der Waals surface area contributed by atoms with E-state index in [9.17, 15) is 4.79 Å². The van der Waals surface area contributed by atoms with Crippen molar-refractivity contribution in [3.8, 4) is 0 Å². The number of hydrogen-bond acceptors (Lipinski definition) is 4. The topological polar surface area (TPSA) is 64.1 Å². The first-order valence-electron chi connectivity index (χ1n) is 9.44. The fraction of sp³-hybridized carbons (Fsp3) is 0.500. The number of amides is 1. The summed E-state index contributed by atoms with van der Waals surface area (Å²) in [6.07, 6.45) is -1.25. The van der Waals surface area contributed by atoms with Crippen molar-refractivity contribution in [1.29, 1.82) is 0 Å². The van der Waals surface area contributed by atoms with E-state index in [1.165, 1.54) is 7.06 Å². The maximum Gasteiger partial charge on any atom is 0.414 e. The Hall–Kier alpha value is -0.386. The van der Waals surface area contributed by atoms with Crippen LogP contribution in [0.3, 0.4) is 0 Å². The standard InChI is InChI=1S/C10H14ClN3O2.B15/c1-10(2,3)16-9(15)14-8-12-5-7(4-11)6-13-8;1-9-13(8)15(12(6)7)14(10(2)3)11(4)5/h5-6H,4H2,1-3H3,(H,12,13,14,15);. The largest absolute Gasteiger partial charge is 0.444 e. The van der Waals surface area contributed by atoms with Crippen molar-refractivity contribution in [3.05, 3.63) is 18.0 Å². The van der Waals surface area contributed by atoms with Gasteiger partial charge in [-0.3, -0.25) is 5.32 Å². The van der Waals surface area contributed by atoms with Gasteiger partial charge in [-0.15, -0.1) is 11.6 Å². The Balaban J connectivity index is 0.000000582. The van der Waals surface area contributed by atoms with Crippen LogP contribution < -0.4 is 5.32 Å². The van der Waals surface area contributed by atoms with Gasteiger partial charge in [0.05, 0.1) is 5.88 Å². The van der Waals surface area contributed by atoms with Crippen molar-refractivity contribution >= 4 is 131 Å². The zero-order valence-electron chi connectivity index (χ0n) is 18.1. The minimum absolute atomic E-state index is 0.197. The summed E-state index contributed by atoms with van der Waals surface area (Å²) in [5, 5.41) is 2.42. The zero-order valence-corrected chi connectivity index (χ0v) is 18.9. The molecule has 31 heavy (non-hydrogen) atoms. The Morgan fingerprint density at radius 1 is 1.03 bits per heavy atom. The van der Waals surface area contributed by atoms with E-state index in [0.717, 1.165) is 5.56 Å². The first-order chi connectivity index (χ1) is 14.2. The normalized spacial score (nSPS) is 9.94. The van der Waals surface area contributed by atoms with Gasteiger partial charge in [0.2, 0.25) is 5.95 Å². The van der Waals surface area contributed by atoms with Gasteiger partial charge in [0.25, 0.3) is 0 Å². The van der Waals surface area contributed by atoms with Gasteiger partial charge in [-0.1, -0.05) is 0 Å². The van der Waals surface area contributed by atoms with Crippen LogP contribution in [-0.4, -0.2) is 129 Å². The van der Waals surface area contributed by atoms with Crippen molar-refractivity contribution in [2.24, 2.45) is 0 Å². The van der Waals surface area contributed by atoms with Crippen LogP contribution in [0.1, 0.15) is 26.3 Å². The van der Waals surface area contributed by atoms with E-state index in [1.54, 1.807) is 33.2 Å². The molecule has 0 aromatic carbocycles. The van der Waals surface area contributed by atoms with Crippen LogP contribution in [0.15, 0.2) is 12.4 Å². The highest BCUT2D eigenvalue weighted by Crippen LogP contribution is 2.09. The lowest BCUT2D eigenvalue weighted by Crippen LogP contribution is -2.73. The average molecular weight is 406 g/mol. The lowest BCUT2D eigenvalue weighted by atomic mass is 8.46. The molecule has 0 saturated heterocycles. The number of carbonyl (C=O) groups excluding carboxylic acids is 1. The van der Waals surface area contributed by atoms with Crippen molar-refractivity contribution < 1.29 is 9.53 Å². The van der Waals surface area contributed by atoms with Gasteiger partial charge >= 0.3 is 6.09 Å². The van der Waals surface area contributed by atoms with Gasteiger partial charge in [0, 0.05) is 125 Å². The first-order valence-corrected chi connectivity index (χ1v) is 9.98. The summed E-state index contributed by atoms with van der Waals surface area (Å²) in [6.45, 7) is 5.35. The average Bonchev–Trinajstić information content (AvgIpc) is 2.64. The van der Waals surface area contributed by atoms with Crippen molar-refractivity contribution in [2.45, 2.75) is 32.3 Å². The van der Waals surface area contributed by atoms with Crippen LogP contribution in [0.2, 0.25) is 0 Å². The first kappa shape index (κ1) is 30.6. The number of hydrogen-bond donors (Lipinski definition) is 1. The van der Waals surface area contributed by atoms with Gasteiger partial charge < -0.3 is 4.74 Å². The van der Waals surface area contributed by atoms with E-state index in [4.69, 9.17) is 78.2 Å². The second-order valence-electron chi connectivity index (χ2n) is 7.83. The number of rotatable bonds is 8.